The molecule has 0 aliphatic rings. The zero-order chi connectivity index (χ0) is 0. The van der Waals surface area contributed by atoms with Gasteiger partial charge in [0, 0.05) is 22.4 Å². The first-order valence-electron chi connectivity index (χ1n) is 0. The second-order valence-electron chi connectivity index (χ2n) is 0. The van der Waals surface area contributed by atoms with Crippen molar-refractivity contribution >= 4 is 0 Å². The van der Waals surface area contributed by atoms with Gasteiger partial charge in [-0.3, -0.25) is 0 Å². The summed E-state index contributed by atoms with van der Waals surface area (Å²) in [4.78, 5) is 0. The Balaban J connectivity index is 0. The summed E-state index contributed by atoms with van der Waals surface area (Å²) >= 11 is 0. The van der Waals surface area contributed by atoms with E-state index in [0.717, 1.165) is 0 Å². The minimum atomic E-state index is 0. The molecule has 0 aromatic carbocycles. The number of hydrogen-bond acceptors (Lipinski definition) is 0. The van der Waals surface area contributed by atoms with Crippen LogP contribution in [-0.4, -0.2) is 0 Å². The molecule has 0 aromatic rings. The molecule has 3 nitrogen and oxygen atoms in total. The van der Waals surface area contributed by atoms with Crippen molar-refractivity contribution in [2.24, 2.45) is 0 Å². The van der Waals surface area contributed by atoms with E-state index in [2.05, 4.69) is 0 Å². The third-order valence-electron chi connectivity index (χ3n) is 0. The topological polar surface area (TPSA) is 85.5 Å². The quantitative estimate of drug-likeness (QED) is 0.472. The molecule has 0 bridgehead atoms. The molecule has 5 heteroatoms. The fraction of sp³-hybridized carbons (Fsp3) is 0. The standard InChI is InChI=1S/Au.3O.W/q;3*-2;+6. The Hall–Kier alpha value is 1.31. The molecule has 0 atom stereocenters. The van der Waals surface area contributed by atoms with E-state index in [1.807, 2.05) is 0 Å². The van der Waals surface area contributed by atoms with Crippen LogP contribution in [0.5, 0.6) is 0 Å². The van der Waals surface area contributed by atoms with Crippen molar-refractivity contribution in [3.63, 3.8) is 0 Å². The van der Waals surface area contributed by atoms with E-state index in [4.69, 9.17) is 0 Å². The van der Waals surface area contributed by atoms with E-state index < -0.39 is 0 Å². The van der Waals surface area contributed by atoms with Crippen LogP contribution in [-0.2, 0) is 59.9 Å². The zero-order valence-electron chi connectivity index (χ0n) is 1.93. The summed E-state index contributed by atoms with van der Waals surface area (Å²) in [5.41, 5.74) is 0. The fourth-order valence-electron chi connectivity index (χ4n) is 0. The smallest absolute Gasteiger partial charge is 2.00 e. The third kappa shape index (κ3) is 33.9. The molecule has 0 rings (SSSR count). The van der Waals surface area contributed by atoms with Crippen LogP contribution in [0.15, 0.2) is 0 Å². The maximum Gasteiger partial charge on any atom is 6.00 e. The van der Waals surface area contributed by atoms with Gasteiger partial charge < -0.3 is 16.4 Å². The average molecular weight is 429 g/mol. The van der Waals surface area contributed by atoms with Crippen molar-refractivity contribution in [2.45, 2.75) is 0 Å². The first-order chi connectivity index (χ1) is 0. The van der Waals surface area contributed by atoms with E-state index in [-0.39, 0.29) is 59.9 Å². The molecule has 0 aromatic heterocycles. The average Bonchev–Trinajstić information content (AvgIpc) is 0. The van der Waals surface area contributed by atoms with Gasteiger partial charge in [0.25, 0.3) is 0 Å². The predicted octanol–water partition coefficient (Wildman–Crippen LogP) is -0.361. The van der Waals surface area contributed by atoms with Crippen LogP contribution in [0.4, 0.5) is 0 Å². The maximum absolute atomic E-state index is 0. The third-order valence-corrected chi connectivity index (χ3v) is 0. The summed E-state index contributed by atoms with van der Waals surface area (Å²) in [6.45, 7) is 0. The van der Waals surface area contributed by atoms with E-state index >= 15 is 0 Å². The van der Waals surface area contributed by atoms with Gasteiger partial charge in [-0.05, 0) is 0 Å². The Morgan fingerprint density at radius 1 is 0.600 bits per heavy atom. The van der Waals surface area contributed by atoms with Crippen LogP contribution >= 0.6 is 0 Å². The van der Waals surface area contributed by atoms with Crippen molar-refractivity contribution in [1.29, 1.82) is 0 Å². The molecule has 0 saturated carbocycles. The number of hydrogen-bond donors (Lipinski definition) is 0. The molecule has 0 N–H and O–H groups in total. The molecular weight excluding hydrogens is 429 g/mol. The second-order valence-corrected chi connectivity index (χ2v) is 0. The van der Waals surface area contributed by atoms with E-state index in [1.54, 1.807) is 0 Å². The Morgan fingerprint density at radius 3 is 0.600 bits per heavy atom. The second kappa shape index (κ2) is 57.6. The van der Waals surface area contributed by atoms with Gasteiger partial charge in [0.1, 0.15) is 0 Å². The van der Waals surface area contributed by atoms with Crippen molar-refractivity contribution < 1.29 is 59.9 Å². The van der Waals surface area contributed by atoms with Gasteiger partial charge in [0.15, 0.2) is 0 Å². The van der Waals surface area contributed by atoms with Crippen molar-refractivity contribution in [2.75, 3.05) is 0 Å². The van der Waals surface area contributed by atoms with Crippen LogP contribution in [0.2, 0.25) is 0 Å². The zero-order valence-corrected chi connectivity index (χ0v) is 7.03. The summed E-state index contributed by atoms with van der Waals surface area (Å²) < 4.78 is 0. The van der Waals surface area contributed by atoms with Gasteiger partial charge in [-0.15, -0.1) is 0 Å². The summed E-state index contributed by atoms with van der Waals surface area (Å²) in [5, 5.41) is 0. The van der Waals surface area contributed by atoms with Gasteiger partial charge in [0.05, 0.1) is 0 Å². The molecule has 0 heterocycles. The fourth-order valence-corrected chi connectivity index (χ4v) is 0. The molecule has 0 aliphatic heterocycles. The van der Waals surface area contributed by atoms with Crippen molar-refractivity contribution in [1.82, 2.24) is 0 Å². The Morgan fingerprint density at radius 2 is 0.600 bits per heavy atom. The van der Waals surface area contributed by atoms with Crippen LogP contribution in [0.1, 0.15) is 0 Å². The van der Waals surface area contributed by atoms with Crippen LogP contribution < -0.4 is 0 Å². The molecule has 0 saturated heterocycles. The summed E-state index contributed by atoms with van der Waals surface area (Å²) in [6, 6.07) is 0. The van der Waals surface area contributed by atoms with E-state index in [1.165, 1.54) is 0 Å². The molecular formula is AuO3W. The normalized spacial score (nSPS) is 0. The number of rotatable bonds is 0. The minimum Gasteiger partial charge on any atom is -2.00 e. The van der Waals surface area contributed by atoms with Gasteiger partial charge in [-0.1, -0.05) is 0 Å². The molecule has 0 fully saturated rings. The molecule has 0 amide bonds. The van der Waals surface area contributed by atoms with Gasteiger partial charge in [-0.25, -0.2) is 0 Å². The summed E-state index contributed by atoms with van der Waals surface area (Å²) in [5.74, 6) is 0. The van der Waals surface area contributed by atoms with Crippen LogP contribution in [0, 0.1) is 0 Å². The first kappa shape index (κ1) is 104. The molecule has 1 radical (unpaired) electrons. The van der Waals surface area contributed by atoms with Crippen molar-refractivity contribution in [3.05, 3.63) is 0 Å². The van der Waals surface area contributed by atoms with Crippen LogP contribution in [0.3, 0.4) is 0 Å². The first-order valence-corrected chi connectivity index (χ1v) is 0. The SMILES string of the molecule is [Au].[O-2].[O-2].[O-2].[W+6]. The monoisotopic (exact) mass is 429 g/mol. The minimum absolute atomic E-state index is 0. The van der Waals surface area contributed by atoms with Gasteiger partial charge >= 0.3 is 21.1 Å². The molecule has 0 aliphatic carbocycles. The summed E-state index contributed by atoms with van der Waals surface area (Å²) in [7, 11) is 0. The molecule has 5 heavy (non-hydrogen) atoms. The van der Waals surface area contributed by atoms with Gasteiger partial charge in [-0.2, -0.15) is 0 Å². The molecule has 35 valence electrons. The van der Waals surface area contributed by atoms with Gasteiger partial charge in [0.2, 0.25) is 0 Å². The van der Waals surface area contributed by atoms with E-state index in [0.29, 0.717) is 0 Å². The van der Waals surface area contributed by atoms with Crippen molar-refractivity contribution in [3.8, 4) is 0 Å². The predicted molar refractivity (Wildman–Crippen MR) is 2.06 cm³/mol. The Bertz CT molecular complexity index is 6.85. The molecule has 0 unspecified atom stereocenters. The van der Waals surface area contributed by atoms with Crippen LogP contribution in [0.25, 0.3) is 0 Å². The maximum atomic E-state index is 0. The largest absolute Gasteiger partial charge is 6.00 e. The molecule has 0 spiro atoms. The summed E-state index contributed by atoms with van der Waals surface area (Å²) in [6.07, 6.45) is 0. The Labute approximate surface area is 59.8 Å². The Kier molecular flexibility index (Phi) is 1200. The van der Waals surface area contributed by atoms with E-state index in [9.17, 15) is 0 Å².